The molecule has 112 valence electrons. The van der Waals surface area contributed by atoms with Crippen LogP contribution in [0.4, 0.5) is 5.82 Å². The van der Waals surface area contributed by atoms with Gasteiger partial charge < -0.3 is 4.90 Å². The Balaban J connectivity index is 1.66. The van der Waals surface area contributed by atoms with E-state index in [4.69, 9.17) is 5.10 Å². The number of anilines is 1. The molecule has 2 aromatic rings. The molecule has 4 rings (SSSR count). The summed E-state index contributed by atoms with van der Waals surface area (Å²) in [5, 5.41) is 14.1. The van der Waals surface area contributed by atoms with Gasteiger partial charge in [0.1, 0.15) is 5.82 Å². The molecule has 0 amide bonds. The minimum absolute atomic E-state index is 0.575. The standard InChI is InChI=1S/C15H21N5S/c1-21-12-4-2-3-9-19(10-12)14-8-7-13-16-17-15(11-5-6-11)20(13)18-14/h7-8,11-12H,2-6,9-10H2,1H3. The maximum Gasteiger partial charge on any atom is 0.178 e. The van der Waals surface area contributed by atoms with E-state index >= 15 is 0 Å². The molecular formula is C15H21N5S. The second kappa shape index (κ2) is 5.48. The van der Waals surface area contributed by atoms with Gasteiger partial charge in [0, 0.05) is 24.3 Å². The second-order valence-electron chi connectivity index (χ2n) is 6.09. The number of aromatic nitrogens is 4. The largest absolute Gasteiger partial charge is 0.354 e. The van der Waals surface area contributed by atoms with Gasteiger partial charge in [0.05, 0.1) is 0 Å². The molecule has 1 unspecified atom stereocenters. The summed E-state index contributed by atoms with van der Waals surface area (Å²) in [7, 11) is 0. The van der Waals surface area contributed by atoms with Crippen molar-refractivity contribution in [1.29, 1.82) is 0 Å². The third kappa shape index (κ3) is 2.61. The molecule has 3 heterocycles. The zero-order valence-electron chi connectivity index (χ0n) is 12.4. The Bertz CT molecular complexity index is 636. The second-order valence-corrected chi connectivity index (χ2v) is 7.23. The lowest BCUT2D eigenvalue weighted by Gasteiger charge is -2.24. The SMILES string of the molecule is CSC1CCCCN(c2ccc3nnc(C4CC4)n3n2)C1. The molecular weight excluding hydrogens is 282 g/mol. The van der Waals surface area contributed by atoms with Crippen molar-refractivity contribution in [2.45, 2.75) is 43.3 Å². The molecule has 0 radical (unpaired) electrons. The summed E-state index contributed by atoms with van der Waals surface area (Å²) in [4.78, 5) is 2.43. The number of thioether (sulfide) groups is 1. The zero-order chi connectivity index (χ0) is 14.2. The smallest absolute Gasteiger partial charge is 0.178 e. The van der Waals surface area contributed by atoms with Gasteiger partial charge in [-0.2, -0.15) is 16.3 Å². The Morgan fingerprint density at radius 3 is 2.86 bits per heavy atom. The molecule has 1 aliphatic heterocycles. The van der Waals surface area contributed by atoms with E-state index in [1.165, 1.54) is 32.1 Å². The molecule has 6 heteroatoms. The summed E-state index contributed by atoms with van der Waals surface area (Å²) in [6.07, 6.45) is 8.57. The summed E-state index contributed by atoms with van der Waals surface area (Å²) in [6, 6.07) is 4.16. The first-order valence-electron chi connectivity index (χ1n) is 7.85. The van der Waals surface area contributed by atoms with Crippen LogP contribution >= 0.6 is 11.8 Å². The highest BCUT2D eigenvalue weighted by Crippen LogP contribution is 2.38. The van der Waals surface area contributed by atoms with Crippen molar-refractivity contribution in [3.63, 3.8) is 0 Å². The average Bonchev–Trinajstić information content (AvgIpc) is 3.31. The first-order chi connectivity index (χ1) is 10.3. The first-order valence-corrected chi connectivity index (χ1v) is 9.14. The normalized spacial score (nSPS) is 23.5. The summed E-state index contributed by atoms with van der Waals surface area (Å²) in [6.45, 7) is 2.21. The van der Waals surface area contributed by atoms with E-state index in [0.29, 0.717) is 11.2 Å². The Morgan fingerprint density at radius 1 is 1.14 bits per heavy atom. The minimum Gasteiger partial charge on any atom is -0.354 e. The fraction of sp³-hybridized carbons (Fsp3) is 0.667. The molecule has 1 saturated carbocycles. The fourth-order valence-corrected chi connectivity index (χ4v) is 3.80. The van der Waals surface area contributed by atoms with Gasteiger partial charge in [0.25, 0.3) is 0 Å². The van der Waals surface area contributed by atoms with E-state index < -0.39 is 0 Å². The van der Waals surface area contributed by atoms with E-state index in [1.807, 2.05) is 16.3 Å². The van der Waals surface area contributed by atoms with Crippen LogP contribution < -0.4 is 4.90 Å². The monoisotopic (exact) mass is 303 g/mol. The van der Waals surface area contributed by atoms with Crippen LogP contribution in [0.5, 0.6) is 0 Å². The summed E-state index contributed by atoms with van der Waals surface area (Å²) in [5.41, 5.74) is 0.872. The molecule has 2 fully saturated rings. The van der Waals surface area contributed by atoms with Crippen LogP contribution in [0.1, 0.15) is 43.8 Å². The molecule has 21 heavy (non-hydrogen) atoms. The van der Waals surface area contributed by atoms with Crippen LogP contribution in [0.2, 0.25) is 0 Å². The molecule has 0 spiro atoms. The Morgan fingerprint density at radius 2 is 2.05 bits per heavy atom. The van der Waals surface area contributed by atoms with E-state index in [1.54, 1.807) is 0 Å². The third-order valence-corrected chi connectivity index (χ3v) is 5.55. The number of rotatable bonds is 3. The van der Waals surface area contributed by atoms with Gasteiger partial charge in [0.2, 0.25) is 0 Å². The highest BCUT2D eigenvalue weighted by molar-refractivity contribution is 7.99. The van der Waals surface area contributed by atoms with E-state index in [-0.39, 0.29) is 0 Å². The van der Waals surface area contributed by atoms with Crippen molar-refractivity contribution in [1.82, 2.24) is 19.8 Å². The van der Waals surface area contributed by atoms with Gasteiger partial charge in [-0.3, -0.25) is 0 Å². The van der Waals surface area contributed by atoms with E-state index in [2.05, 4.69) is 33.5 Å². The molecule has 0 aromatic carbocycles. The third-order valence-electron chi connectivity index (χ3n) is 4.50. The fourth-order valence-electron chi connectivity index (χ4n) is 3.06. The molecule has 1 saturated heterocycles. The van der Waals surface area contributed by atoms with Gasteiger partial charge in [0.15, 0.2) is 11.5 Å². The first kappa shape index (κ1) is 13.4. The van der Waals surface area contributed by atoms with Crippen molar-refractivity contribution in [3.05, 3.63) is 18.0 Å². The van der Waals surface area contributed by atoms with Crippen LogP contribution in [0, 0.1) is 0 Å². The number of fused-ring (bicyclic) bond motifs is 1. The molecule has 5 nitrogen and oxygen atoms in total. The van der Waals surface area contributed by atoms with Gasteiger partial charge in [-0.1, -0.05) is 6.42 Å². The molecule has 1 atom stereocenters. The molecule has 0 N–H and O–H groups in total. The highest BCUT2D eigenvalue weighted by Gasteiger charge is 2.29. The van der Waals surface area contributed by atoms with Crippen molar-refractivity contribution in [2.75, 3.05) is 24.2 Å². The lowest BCUT2D eigenvalue weighted by atomic mass is 10.2. The number of nitrogens with zero attached hydrogens (tertiary/aromatic N) is 5. The topological polar surface area (TPSA) is 46.3 Å². The summed E-state index contributed by atoms with van der Waals surface area (Å²) in [5.74, 6) is 2.69. The Hall–Kier alpha value is -1.30. The van der Waals surface area contributed by atoms with Crippen LogP contribution in [0.15, 0.2) is 12.1 Å². The quantitative estimate of drug-likeness (QED) is 0.872. The maximum absolute atomic E-state index is 4.84. The van der Waals surface area contributed by atoms with Crippen molar-refractivity contribution < 1.29 is 0 Å². The zero-order valence-corrected chi connectivity index (χ0v) is 13.2. The van der Waals surface area contributed by atoms with Crippen LogP contribution in [0.3, 0.4) is 0 Å². The maximum atomic E-state index is 4.84. The van der Waals surface area contributed by atoms with Crippen LogP contribution in [0.25, 0.3) is 5.65 Å². The Labute approximate surface area is 129 Å². The Kier molecular flexibility index (Phi) is 3.49. The van der Waals surface area contributed by atoms with E-state index in [0.717, 1.165) is 30.4 Å². The van der Waals surface area contributed by atoms with Gasteiger partial charge in [-0.05, 0) is 44.1 Å². The average molecular weight is 303 g/mol. The van der Waals surface area contributed by atoms with Gasteiger partial charge >= 0.3 is 0 Å². The molecule has 2 aliphatic rings. The van der Waals surface area contributed by atoms with Crippen molar-refractivity contribution in [3.8, 4) is 0 Å². The van der Waals surface area contributed by atoms with Crippen molar-refractivity contribution in [2.24, 2.45) is 0 Å². The summed E-state index contributed by atoms with van der Waals surface area (Å²) >= 11 is 1.98. The highest BCUT2D eigenvalue weighted by atomic mass is 32.2. The lowest BCUT2D eigenvalue weighted by molar-refractivity contribution is 0.734. The van der Waals surface area contributed by atoms with Gasteiger partial charge in [-0.25, -0.2) is 0 Å². The minimum atomic E-state index is 0.575. The predicted octanol–water partition coefficient (Wildman–Crippen LogP) is 2.72. The number of hydrogen-bond acceptors (Lipinski definition) is 5. The van der Waals surface area contributed by atoms with Crippen LogP contribution in [-0.4, -0.2) is 44.4 Å². The number of hydrogen-bond donors (Lipinski definition) is 0. The molecule has 0 bridgehead atoms. The molecule has 1 aliphatic carbocycles. The summed E-state index contributed by atoms with van der Waals surface area (Å²) < 4.78 is 1.96. The lowest BCUT2D eigenvalue weighted by Crippen LogP contribution is -2.30. The van der Waals surface area contributed by atoms with Crippen LogP contribution in [-0.2, 0) is 0 Å². The van der Waals surface area contributed by atoms with E-state index in [9.17, 15) is 0 Å². The van der Waals surface area contributed by atoms with Crippen molar-refractivity contribution >= 4 is 23.2 Å². The molecule has 2 aromatic heterocycles. The predicted molar refractivity (Wildman–Crippen MR) is 86.1 cm³/mol. The van der Waals surface area contributed by atoms with Gasteiger partial charge in [-0.15, -0.1) is 15.3 Å².